The third-order valence-electron chi connectivity index (χ3n) is 2.86. The highest BCUT2D eigenvalue weighted by Crippen LogP contribution is 2.24. The van der Waals surface area contributed by atoms with Gasteiger partial charge in [-0.25, -0.2) is 0 Å². The predicted octanol–water partition coefficient (Wildman–Crippen LogP) is 2.92. The number of hydrogen-bond donors (Lipinski definition) is 0. The molecule has 0 spiro atoms. The largest absolute Gasteiger partial charge is 0.336 e. The van der Waals surface area contributed by atoms with E-state index in [1.54, 1.807) is 25.4 Å². The minimum atomic E-state index is -0.617. The molecular weight excluding hydrogens is 294 g/mol. The summed E-state index contributed by atoms with van der Waals surface area (Å²) in [7, 11) is 1.56. The fraction of sp³-hybridized carbons (Fsp3) is 0.143. The van der Waals surface area contributed by atoms with Gasteiger partial charge in [0.15, 0.2) is 0 Å². The highest BCUT2D eigenvalue weighted by Gasteiger charge is 2.23. The summed E-state index contributed by atoms with van der Waals surface area (Å²) in [5.41, 5.74) is 0.396. The molecule has 0 aliphatic heterocycles. The number of benzene rings is 1. The zero-order valence-corrected chi connectivity index (χ0v) is 11.9. The Morgan fingerprint density at radius 3 is 2.76 bits per heavy atom. The van der Waals surface area contributed by atoms with Crippen molar-refractivity contribution in [3.05, 3.63) is 69.0 Å². The molecule has 0 saturated carbocycles. The molecule has 0 aliphatic rings. The van der Waals surface area contributed by atoms with Crippen LogP contribution in [0.25, 0.3) is 0 Å². The number of aromatic nitrogens is 1. The zero-order chi connectivity index (χ0) is 15.4. The van der Waals surface area contributed by atoms with E-state index in [1.165, 1.54) is 23.1 Å². The average Bonchev–Trinajstić information content (AvgIpc) is 2.47. The van der Waals surface area contributed by atoms with E-state index in [9.17, 15) is 14.9 Å². The van der Waals surface area contributed by atoms with Gasteiger partial charge in [-0.3, -0.25) is 19.9 Å². The Bertz CT molecular complexity index is 676. The number of carbonyl (C=O) groups is 1. The highest BCUT2D eigenvalue weighted by molar-refractivity contribution is 6.31. The molecule has 1 heterocycles. The van der Waals surface area contributed by atoms with E-state index in [0.29, 0.717) is 5.69 Å². The summed E-state index contributed by atoms with van der Waals surface area (Å²) in [5, 5.41) is 11.2. The molecule has 0 radical (unpaired) electrons. The van der Waals surface area contributed by atoms with Crippen molar-refractivity contribution in [3.63, 3.8) is 0 Å². The monoisotopic (exact) mass is 305 g/mol. The summed E-state index contributed by atoms with van der Waals surface area (Å²) in [6.45, 7) is 0.263. The van der Waals surface area contributed by atoms with Crippen LogP contribution in [0, 0.1) is 10.1 Å². The minimum absolute atomic E-state index is 0.00262. The second-order valence-electron chi connectivity index (χ2n) is 4.40. The molecular formula is C14H12ClN3O3. The maximum absolute atomic E-state index is 12.3. The van der Waals surface area contributed by atoms with Crippen molar-refractivity contribution >= 4 is 23.2 Å². The molecule has 6 nitrogen and oxygen atoms in total. The van der Waals surface area contributed by atoms with Crippen LogP contribution in [0.4, 0.5) is 5.69 Å². The number of nitro benzene ring substituents is 1. The number of amides is 1. The lowest BCUT2D eigenvalue weighted by Crippen LogP contribution is -2.27. The first-order valence-corrected chi connectivity index (χ1v) is 6.46. The van der Waals surface area contributed by atoms with Gasteiger partial charge >= 0.3 is 0 Å². The quantitative estimate of drug-likeness (QED) is 0.643. The molecule has 2 rings (SSSR count). The predicted molar refractivity (Wildman–Crippen MR) is 78.1 cm³/mol. The zero-order valence-electron chi connectivity index (χ0n) is 11.2. The van der Waals surface area contributed by atoms with E-state index in [0.717, 1.165) is 0 Å². The van der Waals surface area contributed by atoms with Gasteiger partial charge in [-0.05, 0) is 24.3 Å². The van der Waals surface area contributed by atoms with Crippen LogP contribution in [0.1, 0.15) is 16.1 Å². The van der Waals surface area contributed by atoms with Crippen molar-refractivity contribution in [1.29, 1.82) is 0 Å². The lowest BCUT2D eigenvalue weighted by molar-refractivity contribution is -0.385. The Hall–Kier alpha value is -2.47. The van der Waals surface area contributed by atoms with Crippen LogP contribution in [0.5, 0.6) is 0 Å². The summed E-state index contributed by atoms with van der Waals surface area (Å²) in [6.07, 6.45) is 1.62. The Labute approximate surface area is 126 Å². The van der Waals surface area contributed by atoms with Crippen LogP contribution in [0.3, 0.4) is 0 Å². The summed E-state index contributed by atoms with van der Waals surface area (Å²) >= 11 is 5.74. The topological polar surface area (TPSA) is 76.3 Å². The van der Waals surface area contributed by atoms with Crippen molar-refractivity contribution in [1.82, 2.24) is 9.88 Å². The van der Waals surface area contributed by atoms with Crippen LogP contribution in [0.2, 0.25) is 5.02 Å². The van der Waals surface area contributed by atoms with Gasteiger partial charge in [-0.15, -0.1) is 0 Å². The van der Waals surface area contributed by atoms with Crippen molar-refractivity contribution < 1.29 is 9.72 Å². The van der Waals surface area contributed by atoms with E-state index in [2.05, 4.69) is 4.98 Å². The number of pyridine rings is 1. The van der Waals surface area contributed by atoms with Crippen molar-refractivity contribution in [3.8, 4) is 0 Å². The van der Waals surface area contributed by atoms with Crippen LogP contribution < -0.4 is 0 Å². The van der Waals surface area contributed by atoms with Gasteiger partial charge in [-0.1, -0.05) is 17.7 Å². The SMILES string of the molecule is CN(Cc1ccccn1)C(=O)c1ccc(Cl)cc1[N+](=O)[O-]. The number of rotatable bonds is 4. The van der Waals surface area contributed by atoms with Crippen LogP contribution in [0.15, 0.2) is 42.6 Å². The van der Waals surface area contributed by atoms with Crippen LogP contribution in [-0.2, 0) is 6.54 Å². The maximum Gasteiger partial charge on any atom is 0.283 e. The van der Waals surface area contributed by atoms with E-state index in [-0.39, 0.29) is 22.8 Å². The van der Waals surface area contributed by atoms with Gasteiger partial charge in [0.05, 0.1) is 17.2 Å². The molecule has 0 bridgehead atoms. The minimum Gasteiger partial charge on any atom is -0.336 e. The Balaban J connectivity index is 2.25. The second-order valence-corrected chi connectivity index (χ2v) is 4.84. The van der Waals surface area contributed by atoms with Gasteiger partial charge in [0.25, 0.3) is 11.6 Å². The normalized spacial score (nSPS) is 10.2. The first-order valence-electron chi connectivity index (χ1n) is 6.08. The number of halogens is 1. The van der Waals surface area contributed by atoms with Crippen molar-refractivity contribution in [2.75, 3.05) is 7.05 Å². The molecule has 0 N–H and O–H groups in total. The van der Waals surface area contributed by atoms with Crippen LogP contribution >= 0.6 is 11.6 Å². The second kappa shape index (κ2) is 6.32. The first-order chi connectivity index (χ1) is 9.99. The van der Waals surface area contributed by atoms with Gasteiger partial charge < -0.3 is 4.90 Å². The Kier molecular flexibility index (Phi) is 4.49. The molecule has 0 saturated heterocycles. The first kappa shape index (κ1) is 14.9. The van der Waals surface area contributed by atoms with E-state index in [4.69, 9.17) is 11.6 Å². The molecule has 0 unspecified atom stereocenters. The molecule has 0 fully saturated rings. The molecule has 1 aromatic heterocycles. The van der Waals surface area contributed by atoms with E-state index in [1.807, 2.05) is 6.07 Å². The molecule has 0 aliphatic carbocycles. The van der Waals surface area contributed by atoms with Gasteiger partial charge in [0.1, 0.15) is 5.56 Å². The molecule has 21 heavy (non-hydrogen) atoms. The molecule has 108 valence electrons. The summed E-state index contributed by atoms with van der Waals surface area (Å²) in [4.78, 5) is 28.2. The molecule has 2 aromatic rings. The third-order valence-corrected chi connectivity index (χ3v) is 3.09. The van der Waals surface area contributed by atoms with Crippen molar-refractivity contribution in [2.24, 2.45) is 0 Å². The summed E-state index contributed by atoms with van der Waals surface area (Å²) in [5.74, 6) is -0.455. The summed E-state index contributed by atoms with van der Waals surface area (Å²) < 4.78 is 0. The van der Waals surface area contributed by atoms with Gasteiger partial charge in [0, 0.05) is 24.3 Å². The summed E-state index contributed by atoms with van der Waals surface area (Å²) in [6, 6.07) is 9.35. The molecule has 1 amide bonds. The fourth-order valence-electron chi connectivity index (χ4n) is 1.85. The van der Waals surface area contributed by atoms with Crippen LogP contribution in [-0.4, -0.2) is 27.8 Å². The number of nitrogens with zero attached hydrogens (tertiary/aromatic N) is 3. The van der Waals surface area contributed by atoms with Gasteiger partial charge in [0.2, 0.25) is 0 Å². The van der Waals surface area contributed by atoms with E-state index >= 15 is 0 Å². The highest BCUT2D eigenvalue weighted by atomic mass is 35.5. The number of nitro groups is 1. The molecule has 0 atom stereocenters. The van der Waals surface area contributed by atoms with E-state index < -0.39 is 10.8 Å². The Morgan fingerprint density at radius 2 is 2.14 bits per heavy atom. The standard InChI is InChI=1S/C14H12ClN3O3/c1-17(9-11-4-2-3-7-16-11)14(19)12-6-5-10(15)8-13(12)18(20)21/h2-8H,9H2,1H3. The molecule has 1 aromatic carbocycles. The fourth-order valence-corrected chi connectivity index (χ4v) is 2.02. The third kappa shape index (κ3) is 3.55. The smallest absolute Gasteiger partial charge is 0.283 e. The number of hydrogen-bond acceptors (Lipinski definition) is 4. The van der Waals surface area contributed by atoms with Gasteiger partial charge in [-0.2, -0.15) is 0 Å². The maximum atomic E-state index is 12.3. The van der Waals surface area contributed by atoms with Crippen molar-refractivity contribution in [2.45, 2.75) is 6.54 Å². The number of carbonyl (C=O) groups excluding carboxylic acids is 1. The lowest BCUT2D eigenvalue weighted by atomic mass is 10.1. The lowest BCUT2D eigenvalue weighted by Gasteiger charge is -2.16. The average molecular weight is 306 g/mol. The Morgan fingerprint density at radius 1 is 1.38 bits per heavy atom. The molecule has 7 heteroatoms.